The van der Waals surface area contributed by atoms with E-state index in [1.54, 1.807) is 47.9 Å². The van der Waals surface area contributed by atoms with E-state index in [-0.39, 0.29) is 10.6 Å². The first-order chi connectivity index (χ1) is 17.4. The highest BCUT2D eigenvalue weighted by molar-refractivity contribution is 6.34. The number of anilines is 1. The molecule has 0 aliphatic carbocycles. The quantitative estimate of drug-likeness (QED) is 0.285. The molecule has 0 radical (unpaired) electrons. The van der Waals surface area contributed by atoms with Crippen molar-refractivity contribution in [3.05, 3.63) is 101 Å². The second-order valence-corrected chi connectivity index (χ2v) is 8.35. The number of carbonyl (C=O) groups excluding carboxylic acids is 1. The van der Waals surface area contributed by atoms with Crippen LogP contribution in [0.25, 0.3) is 16.8 Å². The second-order valence-electron chi connectivity index (χ2n) is 7.94. The SMILES string of the molecule is COc1ccc(F)cc1-c1cc(NC(=O)c2ccc(Oc3ccccc3)cc2Cl)c2nnc(C)n2c1. The number of fused-ring (bicyclic) bond motifs is 1. The number of para-hydroxylation sites is 1. The Hall–Kier alpha value is -4.43. The summed E-state index contributed by atoms with van der Waals surface area (Å²) in [7, 11) is 1.51. The molecule has 1 N–H and O–H groups in total. The van der Waals surface area contributed by atoms with Gasteiger partial charge in [-0.05, 0) is 55.5 Å². The minimum atomic E-state index is -0.447. The zero-order valence-corrected chi connectivity index (χ0v) is 20.1. The van der Waals surface area contributed by atoms with E-state index < -0.39 is 11.7 Å². The van der Waals surface area contributed by atoms with E-state index in [0.29, 0.717) is 45.5 Å². The summed E-state index contributed by atoms with van der Waals surface area (Å²) in [6, 6.07) is 20.0. The van der Waals surface area contributed by atoms with Crippen LogP contribution >= 0.6 is 11.6 Å². The third kappa shape index (κ3) is 4.58. The molecule has 2 aromatic heterocycles. The van der Waals surface area contributed by atoms with Crippen LogP contribution in [0.5, 0.6) is 17.2 Å². The van der Waals surface area contributed by atoms with Gasteiger partial charge in [0.2, 0.25) is 0 Å². The molecule has 0 unspecified atom stereocenters. The zero-order chi connectivity index (χ0) is 25.2. The number of carbonyl (C=O) groups is 1. The maximum Gasteiger partial charge on any atom is 0.257 e. The van der Waals surface area contributed by atoms with Crippen molar-refractivity contribution in [1.29, 1.82) is 0 Å². The first-order valence-electron chi connectivity index (χ1n) is 11.0. The molecule has 0 atom stereocenters. The molecule has 9 heteroatoms. The second kappa shape index (κ2) is 9.67. The molecule has 1 amide bonds. The van der Waals surface area contributed by atoms with Crippen LogP contribution in [0.15, 0.2) is 79.0 Å². The number of ether oxygens (including phenoxy) is 2. The Bertz CT molecular complexity index is 1590. The molecule has 7 nitrogen and oxygen atoms in total. The highest BCUT2D eigenvalue weighted by Gasteiger charge is 2.18. The van der Waals surface area contributed by atoms with Gasteiger partial charge in [0.05, 0.1) is 23.4 Å². The number of aromatic nitrogens is 3. The Morgan fingerprint density at radius 2 is 1.81 bits per heavy atom. The van der Waals surface area contributed by atoms with Crippen molar-refractivity contribution >= 4 is 28.8 Å². The summed E-state index contributed by atoms with van der Waals surface area (Å²) >= 11 is 6.43. The van der Waals surface area contributed by atoms with Crippen LogP contribution in [-0.4, -0.2) is 27.6 Å². The third-order valence-electron chi connectivity index (χ3n) is 5.56. The Labute approximate surface area is 211 Å². The summed E-state index contributed by atoms with van der Waals surface area (Å²) < 4.78 is 27.0. The smallest absolute Gasteiger partial charge is 0.257 e. The first kappa shape index (κ1) is 23.3. The van der Waals surface area contributed by atoms with Crippen molar-refractivity contribution in [3.63, 3.8) is 0 Å². The summed E-state index contributed by atoms with van der Waals surface area (Å²) in [5.41, 5.74) is 2.18. The van der Waals surface area contributed by atoms with Crippen molar-refractivity contribution in [2.24, 2.45) is 0 Å². The molecule has 36 heavy (non-hydrogen) atoms. The number of methoxy groups -OCH3 is 1. The summed E-state index contributed by atoms with van der Waals surface area (Å²) in [4.78, 5) is 13.2. The van der Waals surface area contributed by atoms with Crippen molar-refractivity contribution in [1.82, 2.24) is 14.6 Å². The average molecular weight is 503 g/mol. The van der Waals surface area contributed by atoms with Crippen LogP contribution in [0.2, 0.25) is 5.02 Å². The molecule has 5 rings (SSSR count). The molecule has 5 aromatic rings. The van der Waals surface area contributed by atoms with Gasteiger partial charge < -0.3 is 14.8 Å². The molecule has 0 aliphatic rings. The van der Waals surface area contributed by atoms with Crippen LogP contribution in [0.4, 0.5) is 10.1 Å². The van der Waals surface area contributed by atoms with E-state index in [1.807, 2.05) is 30.3 Å². The number of benzene rings is 3. The number of amides is 1. The van der Waals surface area contributed by atoms with Crippen LogP contribution in [0.1, 0.15) is 16.2 Å². The topological polar surface area (TPSA) is 77.8 Å². The fourth-order valence-electron chi connectivity index (χ4n) is 3.81. The van der Waals surface area contributed by atoms with Gasteiger partial charge in [-0.2, -0.15) is 0 Å². The standard InChI is InChI=1S/C27H20ClFN4O3/c1-16-31-32-26-24(12-17(15-33(16)26)22-13-18(29)8-11-25(22)35-2)30-27(34)21-10-9-20(14-23(21)28)36-19-6-4-3-5-7-19/h3-15H,1-2H3,(H,30,34). The third-order valence-corrected chi connectivity index (χ3v) is 5.87. The van der Waals surface area contributed by atoms with Crippen molar-refractivity contribution < 1.29 is 18.7 Å². The van der Waals surface area contributed by atoms with Gasteiger partial charge >= 0.3 is 0 Å². The van der Waals surface area contributed by atoms with Crippen LogP contribution in [-0.2, 0) is 0 Å². The molecule has 2 heterocycles. The van der Waals surface area contributed by atoms with Crippen LogP contribution in [0, 0.1) is 12.7 Å². The summed E-state index contributed by atoms with van der Waals surface area (Å²) in [6.45, 7) is 1.78. The van der Waals surface area contributed by atoms with Gasteiger partial charge in [0.25, 0.3) is 5.91 Å². The monoisotopic (exact) mass is 502 g/mol. The fraction of sp³-hybridized carbons (Fsp3) is 0.0741. The molecule has 0 saturated carbocycles. The van der Waals surface area contributed by atoms with E-state index in [9.17, 15) is 9.18 Å². The van der Waals surface area contributed by atoms with Gasteiger partial charge in [0.1, 0.15) is 28.9 Å². The Morgan fingerprint density at radius 1 is 1.00 bits per heavy atom. The molecular weight excluding hydrogens is 483 g/mol. The fourth-order valence-corrected chi connectivity index (χ4v) is 4.06. The molecule has 0 spiro atoms. The number of halogens is 2. The number of aryl methyl sites for hydroxylation is 1. The summed E-state index contributed by atoms with van der Waals surface area (Å²) in [5.74, 6) is 1.37. The van der Waals surface area contributed by atoms with E-state index in [0.717, 1.165) is 0 Å². The van der Waals surface area contributed by atoms with Crippen molar-refractivity contribution in [2.75, 3.05) is 12.4 Å². The maximum absolute atomic E-state index is 14.1. The Morgan fingerprint density at radius 3 is 2.56 bits per heavy atom. The number of hydrogen-bond acceptors (Lipinski definition) is 5. The molecule has 0 bridgehead atoms. The maximum atomic E-state index is 14.1. The minimum Gasteiger partial charge on any atom is -0.496 e. The highest BCUT2D eigenvalue weighted by atomic mass is 35.5. The Kier molecular flexibility index (Phi) is 6.26. The Balaban J connectivity index is 1.49. The predicted octanol–water partition coefficient (Wildman–Crippen LogP) is 6.55. The molecule has 3 aromatic carbocycles. The number of nitrogens with one attached hydrogen (secondary N) is 1. The van der Waals surface area contributed by atoms with Gasteiger partial charge in [0.15, 0.2) is 5.65 Å². The largest absolute Gasteiger partial charge is 0.496 e. The lowest BCUT2D eigenvalue weighted by atomic mass is 10.1. The van der Waals surface area contributed by atoms with E-state index in [2.05, 4.69) is 15.5 Å². The van der Waals surface area contributed by atoms with E-state index >= 15 is 0 Å². The molecule has 0 aliphatic heterocycles. The van der Waals surface area contributed by atoms with Gasteiger partial charge in [-0.25, -0.2) is 4.39 Å². The van der Waals surface area contributed by atoms with Crippen molar-refractivity contribution in [2.45, 2.75) is 6.92 Å². The number of nitrogens with zero attached hydrogens (tertiary/aromatic N) is 3. The number of hydrogen-bond donors (Lipinski definition) is 1. The number of pyridine rings is 1. The first-order valence-corrected chi connectivity index (χ1v) is 11.3. The normalized spacial score (nSPS) is 10.9. The lowest BCUT2D eigenvalue weighted by Gasteiger charge is -2.13. The minimum absolute atomic E-state index is 0.220. The average Bonchev–Trinajstić information content (AvgIpc) is 3.25. The lowest BCUT2D eigenvalue weighted by molar-refractivity contribution is 0.102. The predicted molar refractivity (Wildman–Crippen MR) is 136 cm³/mol. The summed E-state index contributed by atoms with van der Waals surface area (Å²) in [5, 5.41) is 11.4. The molecule has 180 valence electrons. The van der Waals surface area contributed by atoms with Crippen molar-refractivity contribution in [3.8, 4) is 28.4 Å². The van der Waals surface area contributed by atoms with E-state index in [4.69, 9.17) is 21.1 Å². The summed E-state index contributed by atoms with van der Waals surface area (Å²) in [6.07, 6.45) is 1.76. The molecule has 0 saturated heterocycles. The number of rotatable bonds is 6. The van der Waals surface area contributed by atoms with Gasteiger partial charge in [0, 0.05) is 23.4 Å². The van der Waals surface area contributed by atoms with Crippen LogP contribution in [0.3, 0.4) is 0 Å². The van der Waals surface area contributed by atoms with Gasteiger partial charge in [-0.3, -0.25) is 9.20 Å². The highest BCUT2D eigenvalue weighted by Crippen LogP contribution is 2.34. The van der Waals surface area contributed by atoms with Crippen LogP contribution < -0.4 is 14.8 Å². The molecule has 0 fully saturated rings. The van der Waals surface area contributed by atoms with Gasteiger partial charge in [-0.15, -0.1) is 10.2 Å². The van der Waals surface area contributed by atoms with Gasteiger partial charge in [-0.1, -0.05) is 29.8 Å². The van der Waals surface area contributed by atoms with E-state index in [1.165, 1.54) is 19.2 Å². The molecular formula is C27H20ClFN4O3. The lowest BCUT2D eigenvalue weighted by Crippen LogP contribution is -2.13. The zero-order valence-electron chi connectivity index (χ0n) is 19.3.